The van der Waals surface area contributed by atoms with E-state index >= 15 is 0 Å². The molecule has 1 aliphatic rings. The van der Waals surface area contributed by atoms with E-state index in [4.69, 9.17) is 16.6 Å². The lowest BCUT2D eigenvalue weighted by atomic mass is 10.2. The monoisotopic (exact) mass is 390 g/mol. The van der Waals surface area contributed by atoms with Crippen LogP contribution in [0, 0.1) is 5.82 Å². The van der Waals surface area contributed by atoms with E-state index in [1.165, 1.54) is 12.8 Å². The topological polar surface area (TPSA) is 17.8 Å². The highest BCUT2D eigenvalue weighted by atomic mass is 79.9. The van der Waals surface area contributed by atoms with Gasteiger partial charge < -0.3 is 4.57 Å². The molecule has 1 fully saturated rings. The second kappa shape index (κ2) is 6.47. The molecule has 3 rings (SSSR count). The average molecular weight is 392 g/mol. The summed E-state index contributed by atoms with van der Waals surface area (Å²) in [6.45, 7) is 0. The van der Waals surface area contributed by atoms with Gasteiger partial charge >= 0.3 is 0 Å². The molecule has 0 aliphatic heterocycles. The van der Waals surface area contributed by atoms with Crippen molar-refractivity contribution in [1.82, 2.24) is 9.55 Å². The van der Waals surface area contributed by atoms with Gasteiger partial charge in [-0.05, 0) is 41.1 Å². The number of nitrogens with zero attached hydrogens (tertiary/aromatic N) is 2. The van der Waals surface area contributed by atoms with Crippen LogP contribution in [0.1, 0.15) is 31.1 Å². The van der Waals surface area contributed by atoms with E-state index in [9.17, 15) is 4.39 Å². The number of hydrogen-bond donors (Lipinski definition) is 0. The fourth-order valence-electron chi connectivity index (χ4n) is 3.25. The summed E-state index contributed by atoms with van der Waals surface area (Å²) in [6.07, 6.45) is 6.43. The average Bonchev–Trinajstić information content (AvgIpc) is 3.03. The molecule has 0 N–H and O–H groups in total. The minimum Gasteiger partial charge on any atom is -0.324 e. The van der Waals surface area contributed by atoms with Gasteiger partial charge in [0.1, 0.15) is 11.6 Å². The number of halogens is 3. The zero-order valence-corrected chi connectivity index (χ0v) is 14.9. The Kier molecular flexibility index (Phi) is 4.81. The number of benzene rings is 1. The van der Waals surface area contributed by atoms with Gasteiger partial charge in [-0.1, -0.05) is 6.42 Å². The quantitative estimate of drug-likeness (QED) is 0.669. The third-order valence-electron chi connectivity index (χ3n) is 4.17. The Morgan fingerprint density at radius 2 is 2.29 bits per heavy atom. The van der Waals surface area contributed by atoms with Crippen LogP contribution in [0.3, 0.4) is 0 Å². The third kappa shape index (κ3) is 2.84. The number of hydrogen-bond acceptors (Lipinski definition) is 2. The molecule has 1 heterocycles. The first-order valence-corrected chi connectivity index (χ1v) is 9.72. The molecule has 2 atom stereocenters. The molecule has 0 saturated heterocycles. The van der Waals surface area contributed by atoms with Crippen molar-refractivity contribution < 1.29 is 4.39 Å². The Morgan fingerprint density at radius 1 is 1.48 bits per heavy atom. The molecule has 21 heavy (non-hydrogen) atoms. The Bertz CT molecular complexity index is 661. The van der Waals surface area contributed by atoms with Crippen LogP contribution in [0.15, 0.2) is 16.6 Å². The SMILES string of the molecule is CSC1CCCC1n1c(CCCl)nc2cc(Br)c(F)cc21. The molecule has 1 aromatic heterocycles. The molecule has 0 bridgehead atoms. The van der Waals surface area contributed by atoms with Crippen molar-refractivity contribution in [2.24, 2.45) is 0 Å². The maximum absolute atomic E-state index is 14.0. The highest BCUT2D eigenvalue weighted by Crippen LogP contribution is 2.40. The molecule has 2 aromatic rings. The van der Waals surface area contributed by atoms with Gasteiger partial charge in [0.25, 0.3) is 0 Å². The summed E-state index contributed by atoms with van der Waals surface area (Å²) in [6, 6.07) is 3.76. The molecule has 1 aliphatic carbocycles. The second-order valence-corrected chi connectivity index (χ2v) is 7.67. The van der Waals surface area contributed by atoms with Crippen LogP contribution in [0.25, 0.3) is 11.0 Å². The van der Waals surface area contributed by atoms with Gasteiger partial charge in [-0.2, -0.15) is 11.8 Å². The molecule has 1 saturated carbocycles. The fourth-order valence-corrected chi connectivity index (χ4v) is 4.72. The largest absolute Gasteiger partial charge is 0.324 e. The van der Waals surface area contributed by atoms with Crippen LogP contribution in [-0.4, -0.2) is 26.9 Å². The lowest BCUT2D eigenvalue weighted by Gasteiger charge is -2.22. The molecule has 2 unspecified atom stereocenters. The van der Waals surface area contributed by atoms with Crippen molar-refractivity contribution in [3.05, 3.63) is 28.2 Å². The Hall–Kier alpha value is -0.260. The minimum atomic E-state index is -0.236. The van der Waals surface area contributed by atoms with Crippen LogP contribution in [0.5, 0.6) is 0 Å². The summed E-state index contributed by atoms with van der Waals surface area (Å²) >= 11 is 11.1. The van der Waals surface area contributed by atoms with Crippen molar-refractivity contribution in [2.75, 3.05) is 12.1 Å². The van der Waals surface area contributed by atoms with Crippen LogP contribution in [0.4, 0.5) is 4.39 Å². The molecule has 2 nitrogen and oxygen atoms in total. The van der Waals surface area contributed by atoms with E-state index in [0.29, 0.717) is 28.1 Å². The van der Waals surface area contributed by atoms with E-state index in [1.807, 2.05) is 11.8 Å². The smallest absolute Gasteiger partial charge is 0.139 e. The fraction of sp³-hybridized carbons (Fsp3) is 0.533. The van der Waals surface area contributed by atoms with Crippen molar-refractivity contribution in [3.8, 4) is 0 Å². The van der Waals surface area contributed by atoms with Crippen molar-refractivity contribution in [2.45, 2.75) is 37.0 Å². The third-order valence-corrected chi connectivity index (χ3v) is 6.13. The number of rotatable bonds is 4. The highest BCUT2D eigenvalue weighted by Gasteiger charge is 2.31. The molecule has 0 radical (unpaired) electrons. The van der Waals surface area contributed by atoms with Gasteiger partial charge in [-0.15, -0.1) is 11.6 Å². The predicted octanol–water partition coefficient (Wildman–Crippen LogP) is 5.18. The molecule has 114 valence electrons. The zero-order valence-electron chi connectivity index (χ0n) is 11.8. The summed E-state index contributed by atoms with van der Waals surface area (Å²) in [4.78, 5) is 4.69. The lowest BCUT2D eigenvalue weighted by Crippen LogP contribution is -2.18. The van der Waals surface area contributed by atoms with Crippen LogP contribution in [-0.2, 0) is 6.42 Å². The van der Waals surface area contributed by atoms with Crippen LogP contribution >= 0.6 is 39.3 Å². The Morgan fingerprint density at radius 3 is 3.00 bits per heavy atom. The van der Waals surface area contributed by atoms with Crippen LogP contribution < -0.4 is 0 Å². The number of thioether (sulfide) groups is 1. The second-order valence-electron chi connectivity index (χ2n) is 5.36. The summed E-state index contributed by atoms with van der Waals surface area (Å²) in [5, 5.41) is 0.572. The van der Waals surface area contributed by atoms with E-state index in [-0.39, 0.29) is 5.82 Å². The summed E-state index contributed by atoms with van der Waals surface area (Å²) in [7, 11) is 0. The predicted molar refractivity (Wildman–Crippen MR) is 92.0 cm³/mol. The number of aryl methyl sites for hydroxylation is 1. The molecule has 1 aromatic carbocycles. The van der Waals surface area contributed by atoms with E-state index in [0.717, 1.165) is 23.3 Å². The van der Waals surface area contributed by atoms with Gasteiger partial charge in [-0.3, -0.25) is 0 Å². The van der Waals surface area contributed by atoms with Gasteiger partial charge in [0.05, 0.1) is 15.5 Å². The normalized spacial score (nSPS) is 22.3. The maximum atomic E-state index is 14.0. The van der Waals surface area contributed by atoms with Crippen molar-refractivity contribution >= 4 is 50.3 Å². The molecule has 0 spiro atoms. The zero-order chi connectivity index (χ0) is 15.0. The summed E-state index contributed by atoms with van der Waals surface area (Å²) in [5.74, 6) is 1.27. The Labute approximate surface area is 141 Å². The van der Waals surface area contributed by atoms with Crippen molar-refractivity contribution in [3.63, 3.8) is 0 Å². The van der Waals surface area contributed by atoms with E-state index in [1.54, 1.807) is 12.1 Å². The molecular formula is C15H17BrClFN2S. The first kappa shape index (κ1) is 15.6. The number of aromatic nitrogens is 2. The van der Waals surface area contributed by atoms with Gasteiger partial charge in [0, 0.05) is 29.7 Å². The summed E-state index contributed by atoms with van der Waals surface area (Å²) in [5.41, 5.74) is 1.73. The Balaban J connectivity index is 2.17. The van der Waals surface area contributed by atoms with Gasteiger partial charge in [0.15, 0.2) is 0 Å². The molecule has 6 heteroatoms. The highest BCUT2D eigenvalue weighted by molar-refractivity contribution is 9.10. The minimum absolute atomic E-state index is 0.236. The molecule has 0 amide bonds. The van der Waals surface area contributed by atoms with Gasteiger partial charge in [-0.25, -0.2) is 9.37 Å². The number of alkyl halides is 1. The lowest BCUT2D eigenvalue weighted by molar-refractivity contribution is 0.521. The van der Waals surface area contributed by atoms with Gasteiger partial charge in [0.2, 0.25) is 0 Å². The van der Waals surface area contributed by atoms with Crippen molar-refractivity contribution in [1.29, 1.82) is 0 Å². The first-order chi connectivity index (χ1) is 10.2. The number of fused-ring (bicyclic) bond motifs is 1. The maximum Gasteiger partial charge on any atom is 0.139 e. The first-order valence-electron chi connectivity index (χ1n) is 7.10. The molecular weight excluding hydrogens is 375 g/mol. The van der Waals surface area contributed by atoms with Crippen LogP contribution in [0.2, 0.25) is 0 Å². The van der Waals surface area contributed by atoms with E-state index < -0.39 is 0 Å². The van der Waals surface area contributed by atoms with E-state index in [2.05, 4.69) is 26.8 Å². The standard InChI is InChI=1S/C15H17BrClFN2S/c1-21-14-4-2-3-12(14)20-13-8-10(18)9(16)7-11(13)19-15(20)5-6-17/h7-8,12,14H,2-6H2,1H3. The number of imidazole rings is 1. The summed E-state index contributed by atoms with van der Waals surface area (Å²) < 4.78 is 16.7.